The quantitative estimate of drug-likeness (QED) is 0.374. The fourth-order valence-electron chi connectivity index (χ4n) is 2.92. The van der Waals surface area contributed by atoms with Gasteiger partial charge in [-0.3, -0.25) is 9.97 Å². The number of nitrogens with zero attached hydrogens (tertiary/aromatic N) is 2. The molecule has 2 aromatic heterocycles. The molecule has 0 bridgehead atoms. The maximum Gasteiger partial charge on any atom is 0.0349 e. The molecule has 4 aromatic rings. The Kier molecular flexibility index (Phi) is 7.28. The molecule has 2 heteroatoms. The second-order valence-corrected chi connectivity index (χ2v) is 6.27. The summed E-state index contributed by atoms with van der Waals surface area (Å²) in [7, 11) is 0. The van der Waals surface area contributed by atoms with Crippen LogP contribution in [0.1, 0.15) is 44.7 Å². The van der Waals surface area contributed by atoms with Gasteiger partial charge in [0.1, 0.15) is 0 Å². The molecule has 0 aliphatic carbocycles. The highest BCUT2D eigenvalue weighted by Gasteiger charge is 2.03. The van der Waals surface area contributed by atoms with E-state index in [4.69, 9.17) is 0 Å². The van der Waals surface area contributed by atoms with Crippen LogP contribution < -0.4 is 0 Å². The highest BCUT2D eigenvalue weighted by Crippen LogP contribution is 2.24. The largest absolute Gasteiger partial charge is 0.264 e. The molecule has 0 spiro atoms. The van der Waals surface area contributed by atoms with E-state index in [-0.39, 0.29) is 0 Å². The number of aromatic nitrogens is 2. The van der Waals surface area contributed by atoms with Gasteiger partial charge < -0.3 is 0 Å². The first-order chi connectivity index (χ1) is 12.7. The molecule has 0 unspecified atom stereocenters. The molecule has 2 nitrogen and oxygen atoms in total. The van der Waals surface area contributed by atoms with Gasteiger partial charge >= 0.3 is 0 Å². The van der Waals surface area contributed by atoms with Gasteiger partial charge in [-0.2, -0.15) is 0 Å². The third-order valence-corrected chi connectivity index (χ3v) is 4.24. The number of fused-ring (bicyclic) bond motifs is 2. The third-order valence-electron chi connectivity index (χ3n) is 4.24. The Morgan fingerprint density at radius 3 is 2.08 bits per heavy atom. The smallest absolute Gasteiger partial charge is 0.0349 e. The molecule has 0 saturated heterocycles. The Morgan fingerprint density at radius 2 is 1.35 bits per heavy atom. The van der Waals surface area contributed by atoms with E-state index in [0.29, 0.717) is 5.92 Å². The van der Waals surface area contributed by atoms with Crippen molar-refractivity contribution in [3.05, 3.63) is 84.4 Å². The van der Waals surface area contributed by atoms with Crippen LogP contribution in [0.4, 0.5) is 0 Å². The van der Waals surface area contributed by atoms with Gasteiger partial charge in [-0.25, -0.2) is 0 Å². The van der Waals surface area contributed by atoms with Crippen LogP contribution in [0.2, 0.25) is 0 Å². The van der Waals surface area contributed by atoms with E-state index in [2.05, 4.69) is 73.2 Å². The van der Waals surface area contributed by atoms with Crippen LogP contribution in [0.5, 0.6) is 0 Å². The monoisotopic (exact) mass is 344 g/mol. The molecule has 0 amide bonds. The average Bonchev–Trinajstić information content (AvgIpc) is 2.70. The van der Waals surface area contributed by atoms with Gasteiger partial charge in [-0.05, 0) is 46.9 Å². The van der Waals surface area contributed by atoms with Crippen LogP contribution >= 0.6 is 0 Å². The molecule has 0 aliphatic rings. The summed E-state index contributed by atoms with van der Waals surface area (Å²) in [4.78, 5) is 8.19. The lowest BCUT2D eigenvalue weighted by Crippen LogP contribution is -1.88. The van der Waals surface area contributed by atoms with Gasteiger partial charge in [0.15, 0.2) is 0 Å². The Bertz CT molecular complexity index is 948. The molecule has 26 heavy (non-hydrogen) atoms. The summed E-state index contributed by atoms with van der Waals surface area (Å²) in [5.41, 5.74) is 2.69. The average molecular weight is 345 g/mol. The number of rotatable bonds is 1. The number of pyridine rings is 2. The molecule has 0 N–H and O–H groups in total. The van der Waals surface area contributed by atoms with Crippen LogP contribution in [0.3, 0.4) is 0 Å². The number of hydrogen-bond donors (Lipinski definition) is 0. The van der Waals surface area contributed by atoms with E-state index in [1.165, 1.54) is 32.7 Å². The number of benzene rings is 2. The predicted molar refractivity (Wildman–Crippen MR) is 114 cm³/mol. The summed E-state index contributed by atoms with van der Waals surface area (Å²) < 4.78 is 0. The zero-order chi connectivity index (χ0) is 18.9. The highest BCUT2D eigenvalue weighted by molar-refractivity contribution is 5.85. The van der Waals surface area contributed by atoms with Crippen molar-refractivity contribution in [2.24, 2.45) is 0 Å². The summed E-state index contributed by atoms with van der Waals surface area (Å²) >= 11 is 0. The van der Waals surface area contributed by atoms with Gasteiger partial charge in [0.05, 0.1) is 0 Å². The molecular formula is C24H28N2. The van der Waals surface area contributed by atoms with Crippen molar-refractivity contribution < 1.29 is 0 Å². The molecule has 0 atom stereocenters. The molecular weight excluding hydrogens is 316 g/mol. The van der Waals surface area contributed by atoms with Gasteiger partial charge in [0, 0.05) is 35.6 Å². The Hall–Kier alpha value is -2.74. The van der Waals surface area contributed by atoms with Crippen molar-refractivity contribution in [2.75, 3.05) is 0 Å². The lowest BCUT2D eigenvalue weighted by Gasteiger charge is -2.08. The maximum absolute atomic E-state index is 4.11. The van der Waals surface area contributed by atoms with E-state index in [1.807, 2.05) is 44.7 Å². The summed E-state index contributed by atoms with van der Waals surface area (Å²) in [5.74, 6) is 0.575. The van der Waals surface area contributed by atoms with E-state index < -0.39 is 0 Å². The second kappa shape index (κ2) is 9.67. The van der Waals surface area contributed by atoms with Crippen LogP contribution in [-0.4, -0.2) is 9.97 Å². The second-order valence-electron chi connectivity index (χ2n) is 6.27. The minimum absolute atomic E-state index is 0.575. The first-order valence-electron chi connectivity index (χ1n) is 9.29. The fourth-order valence-corrected chi connectivity index (χ4v) is 2.92. The lowest BCUT2D eigenvalue weighted by molar-refractivity contribution is 0.876. The summed E-state index contributed by atoms with van der Waals surface area (Å²) in [6.07, 6.45) is 7.50. The van der Waals surface area contributed by atoms with Gasteiger partial charge in [0.25, 0.3) is 0 Å². The summed E-state index contributed by atoms with van der Waals surface area (Å²) in [6.45, 7) is 10.5. The topological polar surface area (TPSA) is 25.8 Å². The van der Waals surface area contributed by atoms with Crippen molar-refractivity contribution in [3.8, 4) is 0 Å². The summed E-state index contributed by atoms with van der Waals surface area (Å²) in [6, 6.07) is 16.8. The zero-order valence-electron chi connectivity index (χ0n) is 16.4. The lowest BCUT2D eigenvalue weighted by atomic mass is 9.97. The summed E-state index contributed by atoms with van der Waals surface area (Å²) in [5, 5.41) is 5.07. The van der Waals surface area contributed by atoms with Crippen LogP contribution in [0, 0.1) is 6.92 Å². The van der Waals surface area contributed by atoms with E-state index in [0.717, 1.165) is 0 Å². The Balaban J connectivity index is 0.000000173. The maximum atomic E-state index is 4.11. The first-order valence-corrected chi connectivity index (χ1v) is 9.29. The van der Waals surface area contributed by atoms with Crippen molar-refractivity contribution in [1.29, 1.82) is 0 Å². The highest BCUT2D eigenvalue weighted by atomic mass is 14.6. The number of hydrogen-bond acceptors (Lipinski definition) is 2. The number of aryl methyl sites for hydroxylation is 1. The first kappa shape index (κ1) is 19.6. The van der Waals surface area contributed by atoms with Crippen molar-refractivity contribution in [1.82, 2.24) is 9.97 Å². The van der Waals surface area contributed by atoms with Crippen LogP contribution in [0.25, 0.3) is 21.5 Å². The van der Waals surface area contributed by atoms with E-state index in [1.54, 1.807) is 0 Å². The minimum atomic E-state index is 0.575. The van der Waals surface area contributed by atoms with Gasteiger partial charge in [0.2, 0.25) is 0 Å². The van der Waals surface area contributed by atoms with Gasteiger partial charge in [-0.1, -0.05) is 64.1 Å². The SMILES string of the molecule is CC.CC(C)c1cccc2cnccc12.Cc1cccc2ccncc12. The van der Waals surface area contributed by atoms with Gasteiger partial charge in [-0.15, -0.1) is 0 Å². The molecule has 2 heterocycles. The van der Waals surface area contributed by atoms with Crippen LogP contribution in [-0.2, 0) is 0 Å². The molecule has 0 aliphatic heterocycles. The van der Waals surface area contributed by atoms with E-state index >= 15 is 0 Å². The molecule has 0 radical (unpaired) electrons. The standard InChI is InChI=1S/C12H13N.C10H9N.C2H6/c1-9(2)11-5-3-4-10-8-13-7-6-12(10)11;1-8-3-2-4-9-5-6-11-7-10(8)9;1-2/h3-9H,1-2H3;2-7H,1H3;1-2H3. The van der Waals surface area contributed by atoms with Crippen molar-refractivity contribution in [3.63, 3.8) is 0 Å². The molecule has 0 saturated carbocycles. The molecule has 2 aromatic carbocycles. The molecule has 4 rings (SSSR count). The van der Waals surface area contributed by atoms with Crippen molar-refractivity contribution >= 4 is 21.5 Å². The predicted octanol–water partition coefficient (Wildman–Crippen LogP) is 6.93. The van der Waals surface area contributed by atoms with Crippen LogP contribution in [0.15, 0.2) is 73.3 Å². The fraction of sp³-hybridized carbons (Fsp3) is 0.250. The minimum Gasteiger partial charge on any atom is -0.264 e. The third kappa shape index (κ3) is 4.66. The molecule has 134 valence electrons. The Morgan fingerprint density at radius 1 is 0.692 bits per heavy atom. The molecule has 0 fully saturated rings. The normalized spacial score (nSPS) is 10.1. The van der Waals surface area contributed by atoms with Crippen molar-refractivity contribution in [2.45, 2.75) is 40.5 Å². The Labute approximate surface area is 156 Å². The zero-order valence-corrected chi connectivity index (χ0v) is 16.4. The van der Waals surface area contributed by atoms with E-state index in [9.17, 15) is 0 Å².